The van der Waals surface area contributed by atoms with Crippen LogP contribution in [-0.2, 0) is 11.3 Å². The van der Waals surface area contributed by atoms with Crippen LogP contribution in [0.1, 0.15) is 19.3 Å². The molecule has 2 atom stereocenters. The molecule has 0 aliphatic carbocycles. The minimum absolute atomic E-state index is 0.281. The Morgan fingerprint density at radius 1 is 1.44 bits per heavy atom. The summed E-state index contributed by atoms with van der Waals surface area (Å²) in [5, 5.41) is 7.54. The summed E-state index contributed by atoms with van der Waals surface area (Å²) in [5.74, 6) is 0.955. The number of carbonyl (C=O) groups is 1. The first-order valence-corrected chi connectivity index (χ1v) is 6.82. The zero-order valence-corrected chi connectivity index (χ0v) is 10.6. The van der Waals surface area contributed by atoms with E-state index in [1.807, 2.05) is 16.9 Å². The van der Waals surface area contributed by atoms with Gasteiger partial charge in [0, 0.05) is 51.0 Å². The summed E-state index contributed by atoms with van der Waals surface area (Å²) in [4.78, 5) is 14.4. The number of nitrogens with one attached hydrogen (secondary N) is 1. The monoisotopic (exact) mass is 248 g/mol. The standard InChI is InChI=1S/C13H20N4O/c18-13(4-8-16-6-2-5-15-16)17-7-1-3-11-9-14-10-12(11)17/h2,5-6,11-12,14H,1,3-4,7-10H2. The lowest BCUT2D eigenvalue weighted by molar-refractivity contribution is -0.135. The quantitative estimate of drug-likeness (QED) is 0.846. The lowest BCUT2D eigenvalue weighted by atomic mass is 9.92. The summed E-state index contributed by atoms with van der Waals surface area (Å²) in [7, 11) is 0. The van der Waals surface area contributed by atoms with Gasteiger partial charge in [-0.2, -0.15) is 5.10 Å². The maximum absolute atomic E-state index is 12.3. The van der Waals surface area contributed by atoms with Gasteiger partial charge in [-0.3, -0.25) is 9.48 Å². The number of piperidine rings is 1. The number of amides is 1. The van der Waals surface area contributed by atoms with E-state index in [-0.39, 0.29) is 5.91 Å². The van der Waals surface area contributed by atoms with Crippen LogP contribution in [0, 0.1) is 5.92 Å². The van der Waals surface area contributed by atoms with Crippen LogP contribution >= 0.6 is 0 Å². The number of fused-ring (bicyclic) bond motifs is 1. The molecule has 1 aromatic rings. The molecule has 2 unspecified atom stereocenters. The van der Waals surface area contributed by atoms with E-state index >= 15 is 0 Å². The van der Waals surface area contributed by atoms with Crippen LogP contribution in [0.2, 0.25) is 0 Å². The van der Waals surface area contributed by atoms with Crippen molar-refractivity contribution in [3.8, 4) is 0 Å². The topological polar surface area (TPSA) is 50.2 Å². The van der Waals surface area contributed by atoms with E-state index < -0.39 is 0 Å². The smallest absolute Gasteiger partial charge is 0.224 e. The summed E-state index contributed by atoms with van der Waals surface area (Å²) < 4.78 is 1.83. The average Bonchev–Trinajstić information content (AvgIpc) is 3.05. The number of hydrogen-bond donors (Lipinski definition) is 1. The number of aryl methyl sites for hydroxylation is 1. The fourth-order valence-electron chi connectivity index (χ4n) is 3.16. The largest absolute Gasteiger partial charge is 0.338 e. The highest BCUT2D eigenvalue weighted by atomic mass is 16.2. The normalized spacial score (nSPS) is 27.2. The second-order valence-corrected chi connectivity index (χ2v) is 5.23. The summed E-state index contributed by atoms with van der Waals surface area (Å²) in [5.41, 5.74) is 0. The summed E-state index contributed by atoms with van der Waals surface area (Å²) in [6.45, 7) is 3.67. The lowest BCUT2D eigenvalue weighted by Crippen LogP contribution is -2.48. The van der Waals surface area contributed by atoms with Crippen LogP contribution in [-0.4, -0.2) is 46.3 Å². The molecule has 5 nitrogen and oxygen atoms in total. The molecule has 1 amide bonds. The molecular formula is C13H20N4O. The molecule has 0 saturated carbocycles. The van der Waals surface area contributed by atoms with Crippen LogP contribution < -0.4 is 5.32 Å². The zero-order chi connectivity index (χ0) is 12.4. The first-order chi connectivity index (χ1) is 8.84. The second kappa shape index (κ2) is 5.10. The molecule has 2 aliphatic rings. The highest BCUT2D eigenvalue weighted by Gasteiger charge is 2.36. The summed E-state index contributed by atoms with van der Waals surface area (Å²) >= 11 is 0. The van der Waals surface area contributed by atoms with Crippen molar-refractivity contribution in [1.82, 2.24) is 20.0 Å². The third-order valence-corrected chi connectivity index (χ3v) is 4.11. The molecule has 0 bridgehead atoms. The van der Waals surface area contributed by atoms with Gasteiger partial charge in [0.25, 0.3) is 0 Å². The molecule has 2 fully saturated rings. The molecule has 0 aromatic carbocycles. The van der Waals surface area contributed by atoms with E-state index in [0.717, 1.165) is 26.1 Å². The predicted octanol–water partition coefficient (Wildman–Crippen LogP) is 0.484. The summed E-state index contributed by atoms with van der Waals surface area (Å²) in [6.07, 6.45) is 6.63. The molecule has 3 heterocycles. The van der Waals surface area contributed by atoms with E-state index in [4.69, 9.17) is 0 Å². The van der Waals surface area contributed by atoms with E-state index in [9.17, 15) is 4.79 Å². The van der Waals surface area contributed by atoms with Gasteiger partial charge in [-0.1, -0.05) is 0 Å². The Kier molecular flexibility index (Phi) is 3.32. The minimum Gasteiger partial charge on any atom is -0.338 e. The van der Waals surface area contributed by atoms with Crippen molar-refractivity contribution in [2.75, 3.05) is 19.6 Å². The van der Waals surface area contributed by atoms with E-state index in [0.29, 0.717) is 24.9 Å². The SMILES string of the molecule is O=C(CCn1cccn1)N1CCCC2CNCC21. The molecule has 0 spiro atoms. The Bertz CT molecular complexity index is 403. The molecule has 18 heavy (non-hydrogen) atoms. The Morgan fingerprint density at radius 2 is 2.39 bits per heavy atom. The second-order valence-electron chi connectivity index (χ2n) is 5.23. The van der Waals surface area contributed by atoms with Crippen LogP contribution in [0.3, 0.4) is 0 Å². The molecule has 3 rings (SSSR count). The Balaban J connectivity index is 1.58. The molecule has 0 radical (unpaired) electrons. The third-order valence-electron chi connectivity index (χ3n) is 4.11. The van der Waals surface area contributed by atoms with Crippen LogP contribution in [0.25, 0.3) is 0 Å². The molecular weight excluding hydrogens is 228 g/mol. The number of hydrogen-bond acceptors (Lipinski definition) is 3. The van der Waals surface area contributed by atoms with Crippen molar-refractivity contribution in [3.63, 3.8) is 0 Å². The van der Waals surface area contributed by atoms with Gasteiger partial charge >= 0.3 is 0 Å². The van der Waals surface area contributed by atoms with Gasteiger partial charge in [-0.15, -0.1) is 0 Å². The van der Waals surface area contributed by atoms with E-state index in [1.54, 1.807) is 6.20 Å². The number of aromatic nitrogens is 2. The van der Waals surface area contributed by atoms with Gasteiger partial charge in [0.2, 0.25) is 5.91 Å². The van der Waals surface area contributed by atoms with Gasteiger partial charge in [0.15, 0.2) is 0 Å². The lowest BCUT2D eigenvalue weighted by Gasteiger charge is -2.37. The molecule has 1 N–H and O–H groups in total. The Labute approximate surface area is 107 Å². The summed E-state index contributed by atoms with van der Waals surface area (Å²) in [6, 6.07) is 2.33. The van der Waals surface area contributed by atoms with E-state index in [2.05, 4.69) is 15.3 Å². The van der Waals surface area contributed by atoms with Gasteiger partial charge < -0.3 is 10.2 Å². The first kappa shape index (κ1) is 11.7. The van der Waals surface area contributed by atoms with Gasteiger partial charge in [-0.25, -0.2) is 0 Å². The molecule has 1 aromatic heterocycles. The zero-order valence-electron chi connectivity index (χ0n) is 10.6. The Morgan fingerprint density at radius 3 is 3.22 bits per heavy atom. The van der Waals surface area contributed by atoms with E-state index in [1.165, 1.54) is 6.42 Å². The highest BCUT2D eigenvalue weighted by molar-refractivity contribution is 5.76. The number of likely N-dealkylation sites (tertiary alicyclic amines) is 1. The van der Waals surface area contributed by atoms with Crippen LogP contribution in [0.5, 0.6) is 0 Å². The molecule has 2 saturated heterocycles. The van der Waals surface area contributed by atoms with Crippen molar-refractivity contribution >= 4 is 5.91 Å². The molecule has 98 valence electrons. The number of carbonyl (C=O) groups excluding carboxylic acids is 1. The first-order valence-electron chi connectivity index (χ1n) is 6.82. The van der Waals surface area contributed by atoms with Crippen LogP contribution in [0.4, 0.5) is 0 Å². The maximum atomic E-state index is 12.3. The fourth-order valence-corrected chi connectivity index (χ4v) is 3.16. The minimum atomic E-state index is 0.281. The van der Waals surface area contributed by atoms with Gasteiger partial charge in [0.1, 0.15) is 0 Å². The van der Waals surface area contributed by atoms with Crippen molar-refractivity contribution in [1.29, 1.82) is 0 Å². The number of rotatable bonds is 3. The van der Waals surface area contributed by atoms with Crippen molar-refractivity contribution in [3.05, 3.63) is 18.5 Å². The average molecular weight is 248 g/mol. The van der Waals surface area contributed by atoms with Gasteiger partial charge in [0.05, 0.1) is 0 Å². The fraction of sp³-hybridized carbons (Fsp3) is 0.692. The molecule has 5 heteroatoms. The van der Waals surface area contributed by atoms with Crippen molar-refractivity contribution < 1.29 is 4.79 Å². The van der Waals surface area contributed by atoms with Crippen LogP contribution in [0.15, 0.2) is 18.5 Å². The molecule has 2 aliphatic heterocycles. The number of nitrogens with zero attached hydrogens (tertiary/aromatic N) is 3. The van der Waals surface area contributed by atoms with Crippen molar-refractivity contribution in [2.24, 2.45) is 5.92 Å². The predicted molar refractivity (Wildman–Crippen MR) is 67.9 cm³/mol. The van der Waals surface area contributed by atoms with Gasteiger partial charge in [-0.05, 0) is 24.8 Å². The Hall–Kier alpha value is -1.36. The maximum Gasteiger partial charge on any atom is 0.224 e. The third kappa shape index (κ3) is 2.27. The highest BCUT2D eigenvalue weighted by Crippen LogP contribution is 2.26. The van der Waals surface area contributed by atoms with Crippen molar-refractivity contribution in [2.45, 2.75) is 31.8 Å².